The van der Waals surface area contributed by atoms with Crippen molar-refractivity contribution in [1.29, 1.82) is 0 Å². The van der Waals surface area contributed by atoms with Crippen LogP contribution in [-0.4, -0.2) is 13.6 Å². The maximum absolute atomic E-state index is 11.6. The summed E-state index contributed by atoms with van der Waals surface area (Å²) in [5.74, 6) is 0.0582. The van der Waals surface area contributed by atoms with Gasteiger partial charge in [-0.05, 0) is 12.1 Å². The van der Waals surface area contributed by atoms with Crippen LogP contribution in [-0.2, 0) is 7.05 Å². The lowest BCUT2D eigenvalue weighted by Crippen LogP contribution is -2.25. The van der Waals surface area contributed by atoms with E-state index in [0.29, 0.717) is 5.69 Å². The molecule has 92 valence electrons. The zero-order chi connectivity index (χ0) is 13.0. The molecule has 0 radical (unpaired) electrons. The normalized spacial score (nSPS) is 9.59. The maximum Gasteiger partial charge on any atom is 0.345 e. The number of aromatic nitrogens is 2. The van der Waals surface area contributed by atoms with Crippen molar-refractivity contribution in [3.05, 3.63) is 44.4 Å². The van der Waals surface area contributed by atoms with Gasteiger partial charge in [0.15, 0.2) is 0 Å². The number of phenolic OH excluding ortho intramolecular Hbond substituents is 1. The molecule has 0 atom stereocenters. The molecular weight excluding hydrogens is 240 g/mol. The summed E-state index contributed by atoms with van der Waals surface area (Å²) < 4.78 is 2.26. The van der Waals surface area contributed by atoms with Gasteiger partial charge in [-0.25, -0.2) is 8.75 Å². The van der Waals surface area contributed by atoms with Gasteiger partial charge in [-0.3, -0.25) is 9.36 Å². The quantitative estimate of drug-likeness (QED) is 0.835. The number of rotatable bonds is 1. The summed E-state index contributed by atoms with van der Waals surface area (Å²) in [5, 5.41) is 9.25. The molecule has 0 amide bonds. The zero-order valence-electron chi connectivity index (χ0n) is 9.88. The van der Waals surface area contributed by atoms with E-state index in [1.807, 2.05) is 13.8 Å². The Hall–Kier alpha value is -1.82. The summed E-state index contributed by atoms with van der Waals surface area (Å²) in [6, 6.07) is 6.19. The van der Waals surface area contributed by atoms with Gasteiger partial charge in [0, 0.05) is 24.6 Å². The molecule has 0 aliphatic carbocycles. The highest BCUT2D eigenvalue weighted by Gasteiger charge is 2.08. The summed E-state index contributed by atoms with van der Waals surface area (Å²) in [5.41, 5.74) is 0.0818. The predicted octanol–water partition coefficient (Wildman–Crippen LogP) is 1.33. The molecule has 0 aliphatic rings. The van der Waals surface area contributed by atoms with E-state index in [9.17, 15) is 14.7 Å². The van der Waals surface area contributed by atoms with Crippen LogP contribution in [0.1, 0.15) is 13.8 Å². The first-order valence-electron chi connectivity index (χ1n) is 5.18. The Bertz CT molecular complexity index is 610. The van der Waals surface area contributed by atoms with Crippen LogP contribution in [0.15, 0.2) is 33.9 Å². The van der Waals surface area contributed by atoms with Crippen LogP contribution >= 0.6 is 11.5 Å². The minimum Gasteiger partial charge on any atom is -0.508 e. The molecule has 2 rings (SSSR count). The molecule has 0 fully saturated rings. The van der Waals surface area contributed by atoms with Gasteiger partial charge >= 0.3 is 10.6 Å². The third kappa shape index (κ3) is 2.65. The number of hydrogen-bond acceptors (Lipinski definition) is 4. The Morgan fingerprint density at radius 2 is 1.88 bits per heavy atom. The van der Waals surface area contributed by atoms with Gasteiger partial charge in [0.05, 0.1) is 5.69 Å². The second-order valence-corrected chi connectivity index (χ2v) is 3.91. The van der Waals surface area contributed by atoms with Crippen molar-refractivity contribution in [2.75, 3.05) is 0 Å². The minimum atomic E-state index is -0.407. The maximum atomic E-state index is 11.6. The highest BCUT2D eigenvalue weighted by molar-refractivity contribution is 7.03. The predicted molar refractivity (Wildman–Crippen MR) is 68.2 cm³/mol. The van der Waals surface area contributed by atoms with Crippen LogP contribution in [0.25, 0.3) is 5.69 Å². The Kier molecular flexibility index (Phi) is 4.28. The summed E-state index contributed by atoms with van der Waals surface area (Å²) in [7, 11) is 1.42. The molecular formula is C11H14N2O3S. The van der Waals surface area contributed by atoms with Crippen LogP contribution < -0.4 is 10.6 Å². The van der Waals surface area contributed by atoms with Gasteiger partial charge in [0.1, 0.15) is 5.75 Å². The van der Waals surface area contributed by atoms with E-state index in [4.69, 9.17) is 0 Å². The van der Waals surface area contributed by atoms with Crippen molar-refractivity contribution in [3.63, 3.8) is 0 Å². The van der Waals surface area contributed by atoms with Gasteiger partial charge < -0.3 is 5.11 Å². The van der Waals surface area contributed by atoms with E-state index in [1.54, 1.807) is 12.1 Å². The van der Waals surface area contributed by atoms with Crippen molar-refractivity contribution in [1.82, 2.24) is 8.52 Å². The molecule has 1 heterocycles. The first-order valence-corrected chi connectivity index (χ1v) is 5.95. The van der Waals surface area contributed by atoms with Crippen molar-refractivity contribution >= 4 is 11.5 Å². The first-order chi connectivity index (χ1) is 8.09. The minimum absolute atomic E-state index is 0.0582. The second kappa shape index (κ2) is 5.49. The summed E-state index contributed by atoms with van der Waals surface area (Å²) in [4.78, 5) is 22.4. The van der Waals surface area contributed by atoms with E-state index in [0.717, 1.165) is 16.1 Å². The molecule has 0 saturated carbocycles. The van der Waals surface area contributed by atoms with E-state index in [1.165, 1.54) is 23.1 Å². The van der Waals surface area contributed by atoms with Gasteiger partial charge in [0.2, 0.25) is 0 Å². The fraction of sp³-hybridized carbons (Fsp3) is 0.273. The first kappa shape index (κ1) is 13.2. The number of phenols is 1. The molecule has 17 heavy (non-hydrogen) atoms. The van der Waals surface area contributed by atoms with Crippen LogP contribution in [0, 0.1) is 0 Å². The summed E-state index contributed by atoms with van der Waals surface area (Å²) >= 11 is 0.803. The zero-order valence-corrected chi connectivity index (χ0v) is 10.7. The molecule has 0 aliphatic heterocycles. The van der Waals surface area contributed by atoms with E-state index >= 15 is 0 Å². The molecule has 1 aromatic carbocycles. The lowest BCUT2D eigenvalue weighted by atomic mass is 10.3. The Labute approximate surface area is 102 Å². The number of hydrogen-bond donors (Lipinski definition) is 1. The largest absolute Gasteiger partial charge is 0.508 e. The second-order valence-electron chi connectivity index (χ2n) is 3.01. The van der Waals surface area contributed by atoms with Gasteiger partial charge in [-0.15, -0.1) is 0 Å². The van der Waals surface area contributed by atoms with Crippen LogP contribution in [0.5, 0.6) is 5.75 Å². The van der Waals surface area contributed by atoms with Gasteiger partial charge in [-0.2, -0.15) is 0 Å². The van der Waals surface area contributed by atoms with Crippen molar-refractivity contribution < 1.29 is 5.11 Å². The van der Waals surface area contributed by atoms with E-state index < -0.39 is 5.69 Å². The molecule has 0 unspecified atom stereocenters. The Balaban J connectivity index is 0.000000686. The molecule has 5 nitrogen and oxygen atoms in total. The third-order valence-corrected chi connectivity index (χ3v) is 2.95. The number of nitrogens with zero attached hydrogens (tertiary/aromatic N) is 2. The standard InChI is InChI=1S/C9H8N2O3S.C2H6/c1-10-8(13)11(15-9(10)14)6-3-2-4-7(12)5-6;1-2/h2-5,12H,1H3;1-2H3. The topological polar surface area (TPSA) is 64.2 Å². The molecule has 1 N–H and O–H groups in total. The smallest absolute Gasteiger partial charge is 0.345 e. The highest BCUT2D eigenvalue weighted by Crippen LogP contribution is 2.14. The monoisotopic (exact) mass is 254 g/mol. The lowest BCUT2D eigenvalue weighted by molar-refractivity contribution is 0.475. The van der Waals surface area contributed by atoms with Crippen molar-refractivity contribution in [2.45, 2.75) is 13.8 Å². The summed E-state index contributed by atoms with van der Waals surface area (Å²) in [6.45, 7) is 4.00. The van der Waals surface area contributed by atoms with Crippen LogP contribution in [0.4, 0.5) is 0 Å². The average Bonchev–Trinajstić information content (AvgIpc) is 2.60. The lowest BCUT2D eigenvalue weighted by Gasteiger charge is -1.98. The molecule has 0 spiro atoms. The van der Waals surface area contributed by atoms with E-state index in [2.05, 4.69) is 0 Å². The highest BCUT2D eigenvalue weighted by atomic mass is 32.1. The van der Waals surface area contributed by atoms with Crippen molar-refractivity contribution in [3.8, 4) is 11.4 Å². The third-order valence-electron chi connectivity index (χ3n) is 1.97. The average molecular weight is 254 g/mol. The van der Waals surface area contributed by atoms with Gasteiger partial charge in [-0.1, -0.05) is 19.9 Å². The SMILES string of the molecule is CC.Cn1c(=O)sn(-c2cccc(O)c2)c1=O. The van der Waals surface area contributed by atoms with Crippen LogP contribution in [0.3, 0.4) is 0 Å². The molecule has 2 aromatic rings. The summed E-state index contributed by atoms with van der Waals surface area (Å²) in [6.07, 6.45) is 0. The number of benzene rings is 1. The fourth-order valence-electron chi connectivity index (χ4n) is 1.18. The Morgan fingerprint density at radius 1 is 1.24 bits per heavy atom. The van der Waals surface area contributed by atoms with Crippen molar-refractivity contribution in [2.24, 2.45) is 7.05 Å². The fourth-order valence-corrected chi connectivity index (χ4v) is 1.95. The Morgan fingerprint density at radius 3 is 2.35 bits per heavy atom. The molecule has 1 aromatic heterocycles. The molecule has 6 heteroatoms. The van der Waals surface area contributed by atoms with E-state index in [-0.39, 0.29) is 10.6 Å². The molecule has 0 saturated heterocycles. The molecule has 0 bridgehead atoms. The number of aromatic hydroxyl groups is 1. The van der Waals surface area contributed by atoms with Gasteiger partial charge in [0.25, 0.3) is 0 Å². The van der Waals surface area contributed by atoms with Crippen LogP contribution in [0.2, 0.25) is 0 Å².